The lowest BCUT2D eigenvalue weighted by atomic mass is 10.1. The number of likely N-dealkylation sites (N-methyl/N-ethyl adjacent to an activating group) is 1. The van der Waals surface area contributed by atoms with Crippen LogP contribution in [0.3, 0.4) is 0 Å². The minimum absolute atomic E-state index is 0.319. The van der Waals surface area contributed by atoms with Crippen molar-refractivity contribution < 1.29 is 13.9 Å². The van der Waals surface area contributed by atoms with Gasteiger partial charge < -0.3 is 15.3 Å². The Bertz CT molecular complexity index is 415. The first-order valence-electron chi connectivity index (χ1n) is 6.99. The van der Waals surface area contributed by atoms with Crippen molar-refractivity contribution in [1.82, 2.24) is 10.2 Å². The van der Waals surface area contributed by atoms with Crippen molar-refractivity contribution in [3.05, 3.63) is 35.4 Å². The van der Waals surface area contributed by atoms with Crippen LogP contribution in [0.2, 0.25) is 0 Å². The molecule has 0 spiro atoms. The molecule has 2 N–H and O–H groups in total. The number of rotatable bonds is 8. The number of benzene rings is 1. The Morgan fingerprint density at radius 2 is 2.00 bits per heavy atom. The first kappa shape index (κ1) is 17.0. The molecule has 1 rings (SSSR count). The van der Waals surface area contributed by atoms with E-state index in [-0.39, 0.29) is 0 Å². The largest absolute Gasteiger partial charge is 0.387 e. The number of nitrogens with zero attached hydrogens (tertiary/aromatic N) is 1. The molecular formula is C15H24F2N2O. The molecular weight excluding hydrogens is 262 g/mol. The number of halogens is 2. The van der Waals surface area contributed by atoms with Gasteiger partial charge in [-0.2, -0.15) is 0 Å². The van der Waals surface area contributed by atoms with Crippen LogP contribution < -0.4 is 5.32 Å². The molecule has 0 saturated heterocycles. The summed E-state index contributed by atoms with van der Waals surface area (Å²) in [5.74, 6) is -1.83. The highest BCUT2D eigenvalue weighted by atomic mass is 19.2. The van der Waals surface area contributed by atoms with E-state index in [4.69, 9.17) is 0 Å². The molecule has 0 aliphatic carbocycles. The second kappa shape index (κ2) is 8.29. The molecule has 0 amide bonds. The Labute approximate surface area is 119 Å². The van der Waals surface area contributed by atoms with Gasteiger partial charge in [0.15, 0.2) is 11.6 Å². The van der Waals surface area contributed by atoms with Crippen molar-refractivity contribution in [1.29, 1.82) is 0 Å². The van der Waals surface area contributed by atoms with Crippen molar-refractivity contribution in [2.75, 3.05) is 26.7 Å². The molecule has 1 aromatic carbocycles. The summed E-state index contributed by atoms with van der Waals surface area (Å²) in [6, 6.07) is 3.99. The molecule has 0 aliphatic rings. The van der Waals surface area contributed by atoms with Gasteiger partial charge in [0.2, 0.25) is 0 Å². The van der Waals surface area contributed by atoms with Gasteiger partial charge in [-0.1, -0.05) is 13.0 Å². The SMILES string of the molecule is CCC(C)N(C)CCNCC(O)c1ccc(F)c(F)c1. The van der Waals surface area contributed by atoms with Gasteiger partial charge in [-0.3, -0.25) is 0 Å². The molecule has 3 nitrogen and oxygen atoms in total. The van der Waals surface area contributed by atoms with Crippen LogP contribution in [0.1, 0.15) is 31.9 Å². The van der Waals surface area contributed by atoms with Gasteiger partial charge in [0.05, 0.1) is 6.10 Å². The highest BCUT2D eigenvalue weighted by molar-refractivity contribution is 5.20. The van der Waals surface area contributed by atoms with Crippen LogP contribution in [0, 0.1) is 11.6 Å². The van der Waals surface area contributed by atoms with Gasteiger partial charge in [0.1, 0.15) is 0 Å². The van der Waals surface area contributed by atoms with E-state index in [1.807, 2.05) is 0 Å². The molecule has 0 aromatic heterocycles. The molecule has 0 bridgehead atoms. The maximum absolute atomic E-state index is 13.0. The molecule has 2 atom stereocenters. The number of aliphatic hydroxyl groups is 1. The third-order valence-electron chi connectivity index (χ3n) is 3.65. The van der Waals surface area contributed by atoms with Crippen LogP contribution in [0.25, 0.3) is 0 Å². The number of nitrogens with one attached hydrogen (secondary N) is 1. The first-order valence-corrected chi connectivity index (χ1v) is 6.99. The average Bonchev–Trinajstić information content (AvgIpc) is 2.44. The molecule has 20 heavy (non-hydrogen) atoms. The number of hydrogen-bond donors (Lipinski definition) is 2. The van der Waals surface area contributed by atoms with Gasteiger partial charge in [-0.25, -0.2) is 8.78 Å². The maximum atomic E-state index is 13.0. The molecule has 0 radical (unpaired) electrons. The van der Waals surface area contributed by atoms with Crippen molar-refractivity contribution in [2.24, 2.45) is 0 Å². The molecule has 1 aromatic rings. The van der Waals surface area contributed by atoms with Gasteiger partial charge >= 0.3 is 0 Å². The fraction of sp³-hybridized carbons (Fsp3) is 0.600. The second-order valence-electron chi connectivity index (χ2n) is 5.13. The average molecular weight is 286 g/mol. The van der Waals surface area contributed by atoms with E-state index >= 15 is 0 Å². The van der Waals surface area contributed by atoms with Crippen LogP contribution in [0.5, 0.6) is 0 Å². The fourth-order valence-corrected chi connectivity index (χ4v) is 1.86. The second-order valence-corrected chi connectivity index (χ2v) is 5.13. The fourth-order valence-electron chi connectivity index (χ4n) is 1.86. The van der Waals surface area contributed by atoms with Gasteiger partial charge in [-0.05, 0) is 38.1 Å². The summed E-state index contributed by atoms with van der Waals surface area (Å²) < 4.78 is 25.8. The normalized spacial score (nSPS) is 14.6. The van der Waals surface area contributed by atoms with Crippen molar-refractivity contribution in [3.8, 4) is 0 Å². The molecule has 0 fully saturated rings. The summed E-state index contributed by atoms with van der Waals surface area (Å²) in [5, 5.41) is 13.0. The maximum Gasteiger partial charge on any atom is 0.159 e. The van der Waals surface area contributed by atoms with E-state index < -0.39 is 17.7 Å². The third kappa shape index (κ3) is 5.15. The Kier molecular flexibility index (Phi) is 7.05. The minimum atomic E-state index is -0.932. The third-order valence-corrected chi connectivity index (χ3v) is 3.65. The summed E-state index contributed by atoms with van der Waals surface area (Å²) >= 11 is 0. The van der Waals surface area contributed by atoms with Gasteiger partial charge in [0.25, 0.3) is 0 Å². The lowest BCUT2D eigenvalue weighted by Gasteiger charge is -2.23. The Balaban J connectivity index is 2.33. The van der Waals surface area contributed by atoms with Crippen molar-refractivity contribution >= 4 is 0 Å². The number of hydrogen-bond acceptors (Lipinski definition) is 3. The summed E-state index contributed by atoms with van der Waals surface area (Å²) in [5.41, 5.74) is 0.381. The molecule has 0 saturated carbocycles. The van der Waals surface area contributed by atoms with Crippen LogP contribution in [0.15, 0.2) is 18.2 Å². The van der Waals surface area contributed by atoms with E-state index in [9.17, 15) is 13.9 Å². The first-order chi connectivity index (χ1) is 9.45. The van der Waals surface area contributed by atoms with Gasteiger partial charge in [0, 0.05) is 25.7 Å². The predicted octanol–water partition coefficient (Wildman–Crippen LogP) is 2.32. The highest BCUT2D eigenvalue weighted by Crippen LogP contribution is 2.15. The summed E-state index contributed by atoms with van der Waals surface area (Å²) in [6.45, 7) is 6.23. The zero-order valence-electron chi connectivity index (χ0n) is 12.4. The van der Waals surface area contributed by atoms with E-state index in [1.54, 1.807) is 0 Å². The molecule has 5 heteroatoms. The van der Waals surface area contributed by atoms with Crippen molar-refractivity contribution in [3.63, 3.8) is 0 Å². The van der Waals surface area contributed by atoms with Gasteiger partial charge in [-0.15, -0.1) is 0 Å². The minimum Gasteiger partial charge on any atom is -0.387 e. The standard InChI is InChI=1S/C15H24F2N2O/c1-4-11(2)19(3)8-7-18-10-15(20)12-5-6-13(16)14(17)9-12/h5-6,9,11,15,18,20H,4,7-8,10H2,1-3H3. The van der Waals surface area contributed by atoms with Crippen LogP contribution in [-0.2, 0) is 0 Å². The van der Waals surface area contributed by atoms with E-state index in [0.29, 0.717) is 18.2 Å². The molecule has 2 unspecified atom stereocenters. The monoisotopic (exact) mass is 286 g/mol. The van der Waals surface area contributed by atoms with E-state index in [1.165, 1.54) is 6.07 Å². The Morgan fingerprint density at radius 1 is 1.30 bits per heavy atom. The smallest absolute Gasteiger partial charge is 0.159 e. The van der Waals surface area contributed by atoms with Crippen LogP contribution in [0.4, 0.5) is 8.78 Å². The quantitative estimate of drug-likeness (QED) is 0.720. The Hall–Kier alpha value is -1.04. The van der Waals surface area contributed by atoms with Crippen LogP contribution in [-0.4, -0.2) is 42.7 Å². The lowest BCUT2D eigenvalue weighted by molar-refractivity contribution is 0.170. The summed E-state index contributed by atoms with van der Waals surface area (Å²) in [7, 11) is 2.06. The highest BCUT2D eigenvalue weighted by Gasteiger charge is 2.11. The lowest BCUT2D eigenvalue weighted by Crippen LogP contribution is -2.36. The number of aliphatic hydroxyl groups excluding tert-OH is 1. The Morgan fingerprint density at radius 3 is 2.60 bits per heavy atom. The topological polar surface area (TPSA) is 35.5 Å². The summed E-state index contributed by atoms with van der Waals surface area (Å²) in [4.78, 5) is 2.23. The van der Waals surface area contributed by atoms with E-state index in [0.717, 1.165) is 31.6 Å². The van der Waals surface area contributed by atoms with E-state index in [2.05, 4.69) is 31.1 Å². The molecule has 0 aliphatic heterocycles. The predicted molar refractivity (Wildman–Crippen MR) is 76.6 cm³/mol. The van der Waals surface area contributed by atoms with Crippen LogP contribution >= 0.6 is 0 Å². The zero-order valence-corrected chi connectivity index (χ0v) is 12.4. The summed E-state index contributed by atoms with van der Waals surface area (Å²) in [6.07, 6.45) is 0.257. The molecule has 0 heterocycles. The van der Waals surface area contributed by atoms with Crippen molar-refractivity contribution in [2.45, 2.75) is 32.4 Å². The molecule has 114 valence electrons. The zero-order chi connectivity index (χ0) is 15.1.